The number of carbonyl (C=O) groups is 1. The number of benzene rings is 2. The van der Waals surface area contributed by atoms with Gasteiger partial charge in [0.2, 0.25) is 0 Å². The second-order valence-corrected chi connectivity index (χ2v) is 7.48. The minimum Gasteiger partial charge on any atom is -0.497 e. The number of carbonyl (C=O) groups excluding carboxylic acids is 1. The Labute approximate surface area is 165 Å². The third kappa shape index (κ3) is 4.69. The molecule has 0 radical (unpaired) electrons. The highest BCUT2D eigenvalue weighted by Crippen LogP contribution is 2.20. The maximum absolute atomic E-state index is 13.7. The zero-order valence-corrected chi connectivity index (χ0v) is 15.9. The predicted molar refractivity (Wildman–Crippen MR) is 99.9 cm³/mol. The molecule has 3 aromatic rings. The lowest BCUT2D eigenvalue weighted by molar-refractivity contribution is 0.0947. The number of sulfonamides is 1. The molecule has 0 atom stereocenters. The molecule has 11 heteroatoms. The lowest BCUT2D eigenvalue weighted by atomic mass is 10.2. The summed E-state index contributed by atoms with van der Waals surface area (Å²) in [6.07, 6.45) is 1.04. The van der Waals surface area contributed by atoms with Gasteiger partial charge in [-0.15, -0.1) is 0 Å². The Morgan fingerprint density at radius 1 is 1.17 bits per heavy atom. The number of H-pyrrole nitrogens is 1. The van der Waals surface area contributed by atoms with E-state index in [0.29, 0.717) is 11.8 Å². The van der Waals surface area contributed by atoms with Gasteiger partial charge in [0.25, 0.3) is 15.9 Å². The maximum atomic E-state index is 13.7. The van der Waals surface area contributed by atoms with Crippen LogP contribution in [0.2, 0.25) is 0 Å². The summed E-state index contributed by atoms with van der Waals surface area (Å²) in [5.41, 5.74) is 0.0395. The second-order valence-electron chi connectivity index (χ2n) is 5.87. The molecule has 0 fully saturated rings. The van der Waals surface area contributed by atoms with Gasteiger partial charge < -0.3 is 10.1 Å². The first-order valence-electron chi connectivity index (χ1n) is 8.22. The number of amides is 1. The fraction of sp³-hybridized carbons (Fsp3) is 0.111. The van der Waals surface area contributed by atoms with E-state index >= 15 is 0 Å². The first-order valence-corrected chi connectivity index (χ1v) is 9.71. The topological polar surface area (TPSA) is 113 Å². The fourth-order valence-corrected chi connectivity index (χ4v) is 3.60. The third-order valence-electron chi connectivity index (χ3n) is 3.91. The molecule has 8 nitrogen and oxygen atoms in total. The van der Waals surface area contributed by atoms with E-state index in [4.69, 9.17) is 4.74 Å². The van der Waals surface area contributed by atoms with Crippen molar-refractivity contribution >= 4 is 21.6 Å². The number of anilines is 1. The van der Waals surface area contributed by atoms with Crippen LogP contribution in [0.25, 0.3) is 0 Å². The molecule has 0 unspecified atom stereocenters. The van der Waals surface area contributed by atoms with Crippen molar-refractivity contribution in [1.82, 2.24) is 15.5 Å². The van der Waals surface area contributed by atoms with E-state index in [2.05, 4.69) is 20.2 Å². The molecule has 1 heterocycles. The van der Waals surface area contributed by atoms with Crippen molar-refractivity contribution in [3.63, 3.8) is 0 Å². The van der Waals surface area contributed by atoms with E-state index in [-0.39, 0.29) is 23.4 Å². The summed E-state index contributed by atoms with van der Waals surface area (Å²) in [5.74, 6) is -1.82. The Kier molecular flexibility index (Phi) is 5.78. The van der Waals surface area contributed by atoms with Crippen LogP contribution in [0.5, 0.6) is 5.75 Å². The zero-order chi connectivity index (χ0) is 21.0. The Morgan fingerprint density at radius 2 is 1.90 bits per heavy atom. The van der Waals surface area contributed by atoms with Crippen molar-refractivity contribution in [1.29, 1.82) is 0 Å². The molecule has 1 amide bonds. The number of halogens is 2. The minimum absolute atomic E-state index is 0.0454. The van der Waals surface area contributed by atoms with Crippen molar-refractivity contribution in [2.75, 3.05) is 11.8 Å². The lowest BCUT2D eigenvalue weighted by Crippen LogP contribution is -2.26. The number of aromatic nitrogens is 2. The van der Waals surface area contributed by atoms with Crippen molar-refractivity contribution in [3.8, 4) is 5.75 Å². The summed E-state index contributed by atoms with van der Waals surface area (Å²) >= 11 is 0. The molecule has 152 valence electrons. The quantitative estimate of drug-likeness (QED) is 0.541. The van der Waals surface area contributed by atoms with Crippen LogP contribution in [0.3, 0.4) is 0 Å². The number of nitrogens with zero attached hydrogens (tertiary/aromatic N) is 1. The van der Waals surface area contributed by atoms with Gasteiger partial charge >= 0.3 is 0 Å². The molecule has 29 heavy (non-hydrogen) atoms. The number of methoxy groups -OCH3 is 1. The Balaban J connectivity index is 1.75. The Hall–Kier alpha value is -3.47. The number of hydrogen-bond donors (Lipinski definition) is 3. The standard InChI is InChI=1S/C18H16F2N4O4S/c1-28-14-6-4-13(5-7-14)24-29(26,27)18-15(10-22-23-18)17(25)21-9-11-2-3-12(19)8-16(11)20/h2-8,10,24H,9H2,1H3,(H,21,25)(H,22,23). The highest BCUT2D eigenvalue weighted by molar-refractivity contribution is 7.92. The molecule has 0 bridgehead atoms. The molecule has 1 aromatic heterocycles. The average Bonchev–Trinajstić information content (AvgIpc) is 3.18. The summed E-state index contributed by atoms with van der Waals surface area (Å²) in [7, 11) is -2.68. The third-order valence-corrected chi connectivity index (χ3v) is 5.27. The predicted octanol–water partition coefficient (Wildman–Crippen LogP) is 2.43. The number of hydrogen-bond acceptors (Lipinski definition) is 5. The van der Waals surface area contributed by atoms with Gasteiger partial charge in [0, 0.05) is 23.9 Å². The number of rotatable bonds is 7. The van der Waals surface area contributed by atoms with Crippen LogP contribution in [-0.2, 0) is 16.6 Å². The van der Waals surface area contributed by atoms with Crippen LogP contribution in [-0.4, -0.2) is 31.6 Å². The molecule has 0 spiro atoms. The molecule has 0 aliphatic rings. The van der Waals surface area contributed by atoms with Crippen molar-refractivity contribution in [2.45, 2.75) is 11.6 Å². The summed E-state index contributed by atoms with van der Waals surface area (Å²) < 4.78 is 59.2. The van der Waals surface area contributed by atoms with E-state index in [1.807, 2.05) is 0 Å². The molecule has 0 aliphatic heterocycles. The zero-order valence-electron chi connectivity index (χ0n) is 15.1. The van der Waals surface area contributed by atoms with E-state index in [1.165, 1.54) is 25.3 Å². The van der Waals surface area contributed by atoms with Gasteiger partial charge in [-0.05, 0) is 30.3 Å². The van der Waals surface area contributed by atoms with Gasteiger partial charge in [-0.3, -0.25) is 14.6 Å². The highest BCUT2D eigenvalue weighted by atomic mass is 32.2. The summed E-state index contributed by atoms with van der Waals surface area (Å²) in [6.45, 7) is -0.262. The van der Waals surface area contributed by atoms with Crippen LogP contribution < -0.4 is 14.8 Å². The lowest BCUT2D eigenvalue weighted by Gasteiger charge is -2.10. The van der Waals surface area contributed by atoms with Crippen molar-refractivity contribution in [3.05, 3.63) is 71.4 Å². The molecule has 0 aliphatic carbocycles. The minimum atomic E-state index is -4.16. The molecule has 3 rings (SSSR count). The summed E-state index contributed by atoms with van der Waals surface area (Å²) in [4.78, 5) is 12.4. The molecule has 2 aromatic carbocycles. The monoisotopic (exact) mass is 422 g/mol. The first-order chi connectivity index (χ1) is 13.8. The van der Waals surface area contributed by atoms with Gasteiger partial charge in [0.15, 0.2) is 5.03 Å². The molecular formula is C18H16F2N4O4S. The van der Waals surface area contributed by atoms with Crippen LogP contribution in [0.4, 0.5) is 14.5 Å². The van der Waals surface area contributed by atoms with Crippen LogP contribution >= 0.6 is 0 Å². The number of aromatic amines is 1. The van der Waals surface area contributed by atoms with Gasteiger partial charge in [0.05, 0.1) is 18.9 Å². The summed E-state index contributed by atoms with van der Waals surface area (Å²) in [5, 5.41) is 7.82. The first kappa shape index (κ1) is 20.3. The van der Waals surface area contributed by atoms with Crippen LogP contribution in [0.15, 0.2) is 53.7 Å². The van der Waals surface area contributed by atoms with Crippen LogP contribution in [0.1, 0.15) is 15.9 Å². The average molecular weight is 422 g/mol. The maximum Gasteiger partial charge on any atom is 0.279 e. The van der Waals surface area contributed by atoms with E-state index in [0.717, 1.165) is 12.3 Å². The fourth-order valence-electron chi connectivity index (χ4n) is 2.44. The molecule has 0 saturated carbocycles. The van der Waals surface area contributed by atoms with Crippen LogP contribution in [0, 0.1) is 11.6 Å². The van der Waals surface area contributed by atoms with Gasteiger partial charge in [0.1, 0.15) is 17.4 Å². The van der Waals surface area contributed by atoms with E-state index < -0.39 is 32.6 Å². The molecule has 0 saturated heterocycles. The van der Waals surface area contributed by atoms with Gasteiger partial charge in [-0.25, -0.2) is 8.78 Å². The van der Waals surface area contributed by atoms with Gasteiger partial charge in [-0.2, -0.15) is 13.5 Å². The normalized spacial score (nSPS) is 11.1. The Bertz CT molecular complexity index is 1130. The highest BCUT2D eigenvalue weighted by Gasteiger charge is 2.25. The number of nitrogens with one attached hydrogen (secondary N) is 3. The van der Waals surface area contributed by atoms with Crippen molar-refractivity contribution in [2.24, 2.45) is 0 Å². The Morgan fingerprint density at radius 3 is 2.55 bits per heavy atom. The summed E-state index contributed by atoms with van der Waals surface area (Å²) in [6, 6.07) is 9.03. The van der Waals surface area contributed by atoms with Gasteiger partial charge in [-0.1, -0.05) is 6.07 Å². The second kappa shape index (κ2) is 8.27. The van der Waals surface area contributed by atoms with E-state index in [9.17, 15) is 22.0 Å². The van der Waals surface area contributed by atoms with Crippen molar-refractivity contribution < 1.29 is 26.7 Å². The molecule has 3 N–H and O–H groups in total. The van der Waals surface area contributed by atoms with E-state index in [1.54, 1.807) is 12.1 Å². The smallest absolute Gasteiger partial charge is 0.279 e. The largest absolute Gasteiger partial charge is 0.497 e. The SMILES string of the molecule is COc1ccc(NS(=O)(=O)c2[nH]ncc2C(=O)NCc2ccc(F)cc2F)cc1. The number of ether oxygens (including phenoxy) is 1. The molecular weight excluding hydrogens is 406 g/mol.